The number of ether oxygens (including phenoxy) is 1. The van der Waals surface area contributed by atoms with Crippen molar-refractivity contribution in [3.8, 4) is 28.5 Å². The molecule has 1 heterocycles. The van der Waals surface area contributed by atoms with E-state index < -0.39 is 0 Å². The third-order valence-corrected chi connectivity index (χ3v) is 5.24. The van der Waals surface area contributed by atoms with Crippen LogP contribution in [0.2, 0.25) is 0 Å². The molecule has 5 nitrogen and oxygen atoms in total. The number of carbonyl (C=O) groups is 1. The summed E-state index contributed by atoms with van der Waals surface area (Å²) in [5.74, 6) is 1.54. The highest BCUT2D eigenvalue weighted by Gasteiger charge is 2.18. The molecule has 0 spiro atoms. The molecular weight excluding hydrogens is 388 g/mol. The number of benzene rings is 3. The maximum atomic E-state index is 13.2. The predicted octanol–water partition coefficient (Wildman–Crippen LogP) is 6.14. The molecule has 0 aliphatic carbocycles. The summed E-state index contributed by atoms with van der Waals surface area (Å²) in [5.41, 5.74) is 4.98. The minimum absolute atomic E-state index is 0.194. The van der Waals surface area contributed by atoms with Crippen molar-refractivity contribution in [2.75, 3.05) is 12.4 Å². The maximum Gasteiger partial charge on any atom is 0.256 e. The number of hydrogen-bond acceptors (Lipinski definition) is 4. The van der Waals surface area contributed by atoms with Crippen LogP contribution in [0.5, 0.6) is 5.75 Å². The van der Waals surface area contributed by atoms with Gasteiger partial charge in [-0.05, 0) is 48.7 Å². The minimum atomic E-state index is -0.194. The summed E-state index contributed by atoms with van der Waals surface area (Å²) < 4.78 is 11.3. The first kappa shape index (κ1) is 20.4. The summed E-state index contributed by atoms with van der Waals surface area (Å²) in [4.78, 5) is 17.6. The van der Waals surface area contributed by atoms with Crippen molar-refractivity contribution in [1.29, 1.82) is 0 Å². The number of amides is 1. The molecule has 156 valence electrons. The molecule has 0 unspecified atom stereocenters. The average Bonchev–Trinajstić information content (AvgIpc) is 3.30. The van der Waals surface area contributed by atoms with E-state index in [1.165, 1.54) is 0 Å². The van der Waals surface area contributed by atoms with Gasteiger partial charge in [-0.15, -0.1) is 0 Å². The Kier molecular flexibility index (Phi) is 5.85. The molecule has 1 amide bonds. The minimum Gasteiger partial charge on any atom is -0.497 e. The summed E-state index contributed by atoms with van der Waals surface area (Å²) >= 11 is 0. The fraction of sp³-hybridized carbons (Fsp3) is 0.154. The van der Waals surface area contributed by atoms with E-state index in [0.29, 0.717) is 22.8 Å². The number of nitrogens with one attached hydrogen (secondary N) is 1. The van der Waals surface area contributed by atoms with Gasteiger partial charge in [0.25, 0.3) is 5.91 Å². The fourth-order valence-corrected chi connectivity index (χ4v) is 3.56. The number of anilines is 1. The Morgan fingerprint density at radius 2 is 1.87 bits per heavy atom. The molecule has 31 heavy (non-hydrogen) atoms. The third kappa shape index (κ3) is 4.21. The van der Waals surface area contributed by atoms with Crippen LogP contribution in [0.25, 0.3) is 22.8 Å². The van der Waals surface area contributed by atoms with Gasteiger partial charge < -0.3 is 14.5 Å². The van der Waals surface area contributed by atoms with Crippen molar-refractivity contribution in [1.82, 2.24) is 4.98 Å². The lowest BCUT2D eigenvalue weighted by Crippen LogP contribution is -2.15. The van der Waals surface area contributed by atoms with E-state index in [2.05, 4.69) is 17.2 Å². The summed E-state index contributed by atoms with van der Waals surface area (Å²) in [6.07, 6.45) is 2.50. The number of aromatic nitrogens is 1. The number of hydrogen-bond donors (Lipinski definition) is 1. The Balaban J connectivity index is 1.67. The number of methoxy groups -OCH3 is 1. The van der Waals surface area contributed by atoms with Gasteiger partial charge in [-0.1, -0.05) is 49.4 Å². The number of rotatable bonds is 6. The molecule has 0 saturated carbocycles. The molecule has 0 bridgehead atoms. The monoisotopic (exact) mass is 412 g/mol. The molecule has 5 heteroatoms. The zero-order valence-electron chi connectivity index (χ0n) is 17.8. The molecule has 4 aromatic rings. The number of nitrogens with zero attached hydrogens (tertiary/aromatic N) is 1. The predicted molar refractivity (Wildman–Crippen MR) is 122 cm³/mol. The van der Waals surface area contributed by atoms with E-state index in [9.17, 15) is 4.79 Å². The van der Waals surface area contributed by atoms with Gasteiger partial charge >= 0.3 is 0 Å². The molecule has 0 aliphatic rings. The van der Waals surface area contributed by atoms with Crippen LogP contribution in [-0.4, -0.2) is 18.0 Å². The largest absolute Gasteiger partial charge is 0.497 e. The average molecular weight is 412 g/mol. The van der Waals surface area contributed by atoms with Crippen LogP contribution in [0.4, 0.5) is 5.69 Å². The highest BCUT2D eigenvalue weighted by Crippen LogP contribution is 2.30. The SMILES string of the molecule is CCc1cccc(C)c1NC(=O)c1ccccc1-c1ncc(-c2cccc(OC)c2)o1. The van der Waals surface area contributed by atoms with Crippen molar-refractivity contribution < 1.29 is 13.9 Å². The fourth-order valence-electron chi connectivity index (χ4n) is 3.56. The summed E-state index contributed by atoms with van der Waals surface area (Å²) in [6.45, 7) is 4.07. The van der Waals surface area contributed by atoms with Crippen LogP contribution in [0, 0.1) is 6.92 Å². The van der Waals surface area contributed by atoms with E-state index >= 15 is 0 Å². The number of para-hydroxylation sites is 1. The standard InChI is InChI=1S/C26H24N2O3/c1-4-18-10-7-9-17(2)24(18)28-25(29)21-13-5-6-14-22(21)26-27-16-23(31-26)19-11-8-12-20(15-19)30-3/h5-16H,4H2,1-3H3,(H,28,29). The van der Waals surface area contributed by atoms with Gasteiger partial charge in [0, 0.05) is 16.8 Å². The van der Waals surface area contributed by atoms with Crippen LogP contribution in [-0.2, 0) is 6.42 Å². The van der Waals surface area contributed by atoms with Gasteiger partial charge in [0.05, 0.1) is 18.9 Å². The van der Waals surface area contributed by atoms with E-state index in [-0.39, 0.29) is 5.91 Å². The van der Waals surface area contributed by atoms with Crippen molar-refractivity contribution in [3.05, 3.63) is 89.6 Å². The molecule has 0 fully saturated rings. The van der Waals surface area contributed by atoms with E-state index in [4.69, 9.17) is 9.15 Å². The summed E-state index contributed by atoms with van der Waals surface area (Å²) in [7, 11) is 1.62. The lowest BCUT2D eigenvalue weighted by molar-refractivity contribution is 0.102. The van der Waals surface area contributed by atoms with Crippen LogP contribution in [0.1, 0.15) is 28.4 Å². The molecule has 4 rings (SSSR count). The van der Waals surface area contributed by atoms with Crippen molar-refractivity contribution >= 4 is 11.6 Å². The molecule has 3 aromatic carbocycles. The second kappa shape index (κ2) is 8.88. The lowest BCUT2D eigenvalue weighted by Gasteiger charge is -2.14. The third-order valence-electron chi connectivity index (χ3n) is 5.24. The molecule has 1 aromatic heterocycles. The van der Waals surface area contributed by atoms with Crippen LogP contribution in [0.3, 0.4) is 0 Å². The van der Waals surface area contributed by atoms with Gasteiger partial charge in [-0.2, -0.15) is 0 Å². The smallest absolute Gasteiger partial charge is 0.256 e. The van der Waals surface area contributed by atoms with Crippen molar-refractivity contribution in [2.45, 2.75) is 20.3 Å². The first-order valence-electron chi connectivity index (χ1n) is 10.2. The molecular formula is C26H24N2O3. The highest BCUT2D eigenvalue weighted by molar-refractivity contribution is 6.08. The zero-order valence-corrected chi connectivity index (χ0v) is 17.8. The van der Waals surface area contributed by atoms with Crippen LogP contribution < -0.4 is 10.1 Å². The Bertz CT molecular complexity index is 1230. The lowest BCUT2D eigenvalue weighted by atomic mass is 10.0. The van der Waals surface area contributed by atoms with Gasteiger partial charge in [0.2, 0.25) is 5.89 Å². The molecule has 0 radical (unpaired) electrons. The zero-order chi connectivity index (χ0) is 21.8. The first-order chi connectivity index (χ1) is 15.1. The summed E-state index contributed by atoms with van der Waals surface area (Å²) in [5, 5.41) is 3.08. The van der Waals surface area contributed by atoms with E-state index in [0.717, 1.165) is 34.5 Å². The molecule has 0 atom stereocenters. The first-order valence-corrected chi connectivity index (χ1v) is 10.2. The normalized spacial score (nSPS) is 10.7. The quantitative estimate of drug-likeness (QED) is 0.413. The Hall–Kier alpha value is -3.86. The van der Waals surface area contributed by atoms with Crippen molar-refractivity contribution in [2.24, 2.45) is 0 Å². The van der Waals surface area contributed by atoms with Crippen LogP contribution in [0.15, 0.2) is 77.3 Å². The Labute approximate surface area is 181 Å². The topological polar surface area (TPSA) is 64.4 Å². The van der Waals surface area contributed by atoms with Gasteiger partial charge in [0.1, 0.15) is 5.75 Å². The Morgan fingerprint density at radius 3 is 2.68 bits per heavy atom. The molecule has 1 N–H and O–H groups in total. The van der Waals surface area contributed by atoms with Crippen LogP contribution >= 0.6 is 0 Å². The molecule has 0 saturated heterocycles. The number of aryl methyl sites for hydroxylation is 2. The van der Waals surface area contributed by atoms with Gasteiger partial charge in [-0.3, -0.25) is 4.79 Å². The van der Waals surface area contributed by atoms with E-state index in [1.807, 2.05) is 67.6 Å². The second-order valence-electron chi connectivity index (χ2n) is 7.22. The number of oxazole rings is 1. The van der Waals surface area contributed by atoms with Gasteiger partial charge in [0.15, 0.2) is 5.76 Å². The Morgan fingerprint density at radius 1 is 1.06 bits per heavy atom. The maximum absolute atomic E-state index is 13.2. The van der Waals surface area contributed by atoms with E-state index in [1.54, 1.807) is 19.4 Å². The number of carbonyl (C=O) groups excluding carboxylic acids is 1. The highest BCUT2D eigenvalue weighted by atomic mass is 16.5. The second-order valence-corrected chi connectivity index (χ2v) is 7.22. The van der Waals surface area contributed by atoms with Crippen molar-refractivity contribution in [3.63, 3.8) is 0 Å². The van der Waals surface area contributed by atoms with Gasteiger partial charge in [-0.25, -0.2) is 4.98 Å². The molecule has 0 aliphatic heterocycles. The summed E-state index contributed by atoms with van der Waals surface area (Å²) in [6, 6.07) is 20.9.